The van der Waals surface area contributed by atoms with Gasteiger partial charge in [-0.2, -0.15) is 0 Å². The molecule has 0 spiro atoms. The van der Waals surface area contributed by atoms with Crippen molar-refractivity contribution >= 4 is 17.3 Å². The van der Waals surface area contributed by atoms with Crippen molar-refractivity contribution in [2.75, 3.05) is 13.2 Å². The lowest BCUT2D eigenvalue weighted by Crippen LogP contribution is -2.36. The van der Waals surface area contributed by atoms with Crippen LogP contribution in [-0.2, 0) is 4.74 Å². The van der Waals surface area contributed by atoms with Crippen molar-refractivity contribution in [3.63, 3.8) is 0 Å². The lowest BCUT2D eigenvalue weighted by Gasteiger charge is -2.30. The second kappa shape index (κ2) is 8.40. The van der Waals surface area contributed by atoms with Crippen molar-refractivity contribution in [2.45, 2.75) is 44.9 Å². The average molecular weight is 434 g/mol. The van der Waals surface area contributed by atoms with Crippen LogP contribution in [0.4, 0.5) is 0 Å². The summed E-state index contributed by atoms with van der Waals surface area (Å²) < 4.78 is 8.18. The first-order valence-corrected chi connectivity index (χ1v) is 11.2. The Morgan fingerprint density at radius 3 is 2.61 bits per heavy atom. The van der Waals surface area contributed by atoms with Crippen LogP contribution < -0.4 is 5.32 Å². The fourth-order valence-corrected chi connectivity index (χ4v) is 5.19. The zero-order valence-electron chi connectivity index (χ0n) is 17.9. The highest BCUT2D eigenvalue weighted by atomic mass is 32.1. The molecule has 0 aromatic carbocycles. The summed E-state index contributed by atoms with van der Waals surface area (Å²) in [5, 5.41) is 4.32. The van der Waals surface area contributed by atoms with Crippen molar-refractivity contribution in [3.05, 3.63) is 77.5 Å². The molecule has 0 unspecified atom stereocenters. The van der Waals surface area contributed by atoms with E-state index in [1.807, 2.05) is 42.7 Å². The number of aromatic nitrogens is 3. The summed E-state index contributed by atoms with van der Waals surface area (Å²) in [6.45, 7) is 5.92. The van der Waals surface area contributed by atoms with Gasteiger partial charge in [-0.1, -0.05) is 12.1 Å². The Morgan fingerprint density at radius 1 is 1.13 bits per heavy atom. The Balaban J connectivity index is 1.59. The van der Waals surface area contributed by atoms with Crippen LogP contribution in [0.25, 0.3) is 5.82 Å². The number of aryl methyl sites for hydroxylation is 1. The van der Waals surface area contributed by atoms with E-state index in [0.717, 1.165) is 48.3 Å². The topological polar surface area (TPSA) is 55.2 Å². The molecule has 0 amide bonds. The molecule has 5 heterocycles. The predicted octanol–water partition coefficient (Wildman–Crippen LogP) is 4.04. The molecule has 2 aliphatic heterocycles. The molecule has 6 nitrogen and oxygen atoms in total. The molecule has 0 saturated carbocycles. The minimum absolute atomic E-state index is 0.0206. The molecule has 160 valence electrons. The number of hydrogen-bond donors (Lipinski definition) is 1. The summed E-state index contributed by atoms with van der Waals surface area (Å²) in [6, 6.07) is 14.3. The van der Waals surface area contributed by atoms with Gasteiger partial charge in [0, 0.05) is 36.9 Å². The van der Waals surface area contributed by atoms with Crippen LogP contribution in [0, 0.1) is 13.8 Å². The second-order valence-corrected chi connectivity index (χ2v) is 8.65. The summed E-state index contributed by atoms with van der Waals surface area (Å²) in [5.74, 6) is 0.928. The van der Waals surface area contributed by atoms with E-state index in [9.17, 15) is 0 Å². The first kappa shape index (κ1) is 20.2. The molecule has 0 radical (unpaired) electrons. The van der Waals surface area contributed by atoms with Crippen LogP contribution in [-0.4, -0.2) is 43.8 Å². The van der Waals surface area contributed by atoms with E-state index in [4.69, 9.17) is 17.0 Å². The summed E-state index contributed by atoms with van der Waals surface area (Å²) in [4.78, 5) is 11.5. The van der Waals surface area contributed by atoms with Crippen LogP contribution in [0.2, 0.25) is 0 Å². The first-order valence-electron chi connectivity index (χ1n) is 10.8. The standard InChI is InChI=1S/C24H27N5OS/c1-16-14-19(17(2)29(16)21-10-4-6-12-26-21)23-22(20-9-3-5-11-25-20)27-24(31)28(23)15-18-8-7-13-30-18/h3-6,9-12,14,18,22-23H,7-8,13,15H2,1-2H3,(H,27,31)/t18-,22+,23-/m0/s1. The molecule has 3 aromatic heterocycles. The van der Waals surface area contributed by atoms with E-state index in [2.05, 4.69) is 50.7 Å². The molecule has 0 bridgehead atoms. The van der Waals surface area contributed by atoms with Crippen molar-refractivity contribution in [1.29, 1.82) is 0 Å². The Bertz CT molecular complexity index is 1060. The molecule has 3 atom stereocenters. The van der Waals surface area contributed by atoms with E-state index in [-0.39, 0.29) is 18.2 Å². The third-order valence-corrected chi connectivity index (χ3v) is 6.64. The highest BCUT2D eigenvalue weighted by molar-refractivity contribution is 7.80. The van der Waals surface area contributed by atoms with Crippen LogP contribution in [0.3, 0.4) is 0 Å². The molecule has 0 aliphatic carbocycles. The molecule has 1 N–H and O–H groups in total. The highest BCUT2D eigenvalue weighted by Gasteiger charge is 2.42. The van der Waals surface area contributed by atoms with Gasteiger partial charge in [-0.05, 0) is 74.8 Å². The fraction of sp³-hybridized carbons (Fsp3) is 0.375. The third kappa shape index (κ3) is 3.72. The number of nitrogens with one attached hydrogen (secondary N) is 1. The van der Waals surface area contributed by atoms with Crippen molar-refractivity contribution in [3.8, 4) is 5.82 Å². The van der Waals surface area contributed by atoms with Crippen molar-refractivity contribution in [2.24, 2.45) is 0 Å². The van der Waals surface area contributed by atoms with Gasteiger partial charge in [0.1, 0.15) is 5.82 Å². The maximum atomic E-state index is 5.96. The molecule has 2 fully saturated rings. The summed E-state index contributed by atoms with van der Waals surface area (Å²) in [7, 11) is 0. The monoisotopic (exact) mass is 433 g/mol. The summed E-state index contributed by atoms with van der Waals surface area (Å²) in [6.07, 6.45) is 6.08. The van der Waals surface area contributed by atoms with Crippen LogP contribution >= 0.6 is 12.2 Å². The maximum absolute atomic E-state index is 5.96. The van der Waals surface area contributed by atoms with Gasteiger partial charge < -0.3 is 19.5 Å². The molecule has 2 aliphatic rings. The number of nitrogens with zero attached hydrogens (tertiary/aromatic N) is 4. The lowest BCUT2D eigenvalue weighted by atomic mass is 9.96. The number of ether oxygens (including phenoxy) is 1. The summed E-state index contributed by atoms with van der Waals surface area (Å²) >= 11 is 5.82. The Kier molecular flexibility index (Phi) is 5.46. The molecular formula is C24H27N5OS. The average Bonchev–Trinajstić information content (AvgIpc) is 3.49. The van der Waals surface area contributed by atoms with E-state index < -0.39 is 0 Å². The first-order chi connectivity index (χ1) is 15.1. The number of hydrogen-bond acceptors (Lipinski definition) is 4. The molecular weight excluding hydrogens is 406 g/mol. The zero-order chi connectivity index (χ0) is 21.4. The Morgan fingerprint density at radius 2 is 1.94 bits per heavy atom. The van der Waals surface area contributed by atoms with E-state index >= 15 is 0 Å². The van der Waals surface area contributed by atoms with Gasteiger partial charge >= 0.3 is 0 Å². The summed E-state index contributed by atoms with van der Waals surface area (Å²) in [5.41, 5.74) is 4.56. The van der Waals surface area contributed by atoms with Gasteiger partial charge in [0.25, 0.3) is 0 Å². The fourth-order valence-electron chi connectivity index (χ4n) is 4.87. The zero-order valence-corrected chi connectivity index (χ0v) is 18.7. The van der Waals surface area contributed by atoms with Gasteiger partial charge in [-0.3, -0.25) is 4.98 Å². The van der Waals surface area contributed by atoms with Gasteiger partial charge in [-0.15, -0.1) is 0 Å². The largest absolute Gasteiger partial charge is 0.376 e. The minimum atomic E-state index is -0.0206. The van der Waals surface area contributed by atoms with Crippen molar-refractivity contribution < 1.29 is 4.74 Å². The SMILES string of the molecule is Cc1cc([C@H]2[C@@H](c3ccccn3)NC(=S)N2C[C@@H]2CCCO2)c(C)n1-c1ccccn1. The van der Waals surface area contributed by atoms with Gasteiger partial charge in [-0.25, -0.2) is 4.98 Å². The predicted molar refractivity (Wildman–Crippen MR) is 124 cm³/mol. The van der Waals surface area contributed by atoms with Crippen LogP contribution in [0.5, 0.6) is 0 Å². The molecule has 7 heteroatoms. The Hall–Kier alpha value is -2.77. The molecule has 3 aromatic rings. The highest BCUT2D eigenvalue weighted by Crippen LogP contribution is 2.41. The van der Waals surface area contributed by atoms with E-state index in [1.54, 1.807) is 0 Å². The third-order valence-electron chi connectivity index (χ3n) is 6.29. The minimum Gasteiger partial charge on any atom is -0.376 e. The quantitative estimate of drug-likeness (QED) is 0.613. The normalized spacial score (nSPS) is 23.4. The van der Waals surface area contributed by atoms with Gasteiger partial charge in [0.05, 0.1) is 23.9 Å². The van der Waals surface area contributed by atoms with Crippen LogP contribution in [0.1, 0.15) is 47.6 Å². The van der Waals surface area contributed by atoms with Crippen LogP contribution in [0.15, 0.2) is 54.9 Å². The van der Waals surface area contributed by atoms with Gasteiger partial charge in [0.15, 0.2) is 5.11 Å². The van der Waals surface area contributed by atoms with E-state index in [0.29, 0.717) is 0 Å². The lowest BCUT2D eigenvalue weighted by molar-refractivity contribution is 0.0842. The second-order valence-electron chi connectivity index (χ2n) is 8.26. The number of thiocarbonyl (C=S) groups is 1. The number of rotatable bonds is 5. The molecule has 2 saturated heterocycles. The van der Waals surface area contributed by atoms with E-state index in [1.165, 1.54) is 11.3 Å². The van der Waals surface area contributed by atoms with Crippen molar-refractivity contribution in [1.82, 2.24) is 24.8 Å². The number of pyridine rings is 2. The molecule has 31 heavy (non-hydrogen) atoms. The Labute approximate surface area is 188 Å². The maximum Gasteiger partial charge on any atom is 0.170 e. The smallest absolute Gasteiger partial charge is 0.170 e. The van der Waals surface area contributed by atoms with Gasteiger partial charge in [0.2, 0.25) is 0 Å². The molecule has 5 rings (SSSR count).